The average Bonchev–Trinajstić information content (AvgIpc) is 2.82. The molecule has 0 aromatic carbocycles. The van der Waals surface area contributed by atoms with E-state index < -0.39 is 0 Å². The fourth-order valence-corrected chi connectivity index (χ4v) is 4.37. The van der Waals surface area contributed by atoms with Crippen LogP contribution in [0.1, 0.15) is 19.3 Å². The lowest BCUT2D eigenvalue weighted by Gasteiger charge is -2.10. The number of hydrogen-bond acceptors (Lipinski definition) is 3. The molecule has 4 atom stereocenters. The van der Waals surface area contributed by atoms with Crippen molar-refractivity contribution in [3.05, 3.63) is 0 Å². The molecular formula is C14H25ClN2O2. The summed E-state index contributed by atoms with van der Waals surface area (Å²) in [6, 6.07) is 0. The van der Waals surface area contributed by atoms with Gasteiger partial charge in [-0.15, -0.1) is 12.4 Å². The van der Waals surface area contributed by atoms with Crippen LogP contribution >= 0.6 is 12.4 Å². The molecular weight excluding hydrogens is 264 g/mol. The minimum Gasteiger partial charge on any atom is -0.383 e. The van der Waals surface area contributed by atoms with Gasteiger partial charge in [0.2, 0.25) is 5.91 Å². The number of fused-ring (bicyclic) bond motifs is 5. The zero-order valence-corrected chi connectivity index (χ0v) is 12.4. The number of carbonyl (C=O) groups is 1. The molecule has 3 saturated carbocycles. The molecule has 0 aromatic rings. The Morgan fingerprint density at radius 2 is 1.84 bits per heavy atom. The normalized spacial score (nSPS) is 37.6. The summed E-state index contributed by atoms with van der Waals surface area (Å²) in [5.41, 5.74) is 0. The molecule has 0 spiro atoms. The maximum absolute atomic E-state index is 12.1. The second-order valence-corrected chi connectivity index (χ2v) is 6.05. The highest BCUT2D eigenvalue weighted by molar-refractivity contribution is 5.85. The predicted octanol–water partition coefficient (Wildman–Crippen LogP) is 1.05. The Kier molecular flexibility index (Phi) is 5.09. The zero-order chi connectivity index (χ0) is 12.5. The van der Waals surface area contributed by atoms with Crippen molar-refractivity contribution in [3.8, 4) is 0 Å². The van der Waals surface area contributed by atoms with E-state index in [0.29, 0.717) is 11.8 Å². The predicted molar refractivity (Wildman–Crippen MR) is 76.3 cm³/mol. The molecule has 1 amide bonds. The summed E-state index contributed by atoms with van der Waals surface area (Å²) in [7, 11) is 1.70. The molecule has 0 aliphatic heterocycles. The second-order valence-electron chi connectivity index (χ2n) is 6.05. The molecule has 3 rings (SSSR count). The lowest BCUT2D eigenvalue weighted by molar-refractivity contribution is -0.123. The average molecular weight is 289 g/mol. The number of methoxy groups -OCH3 is 1. The Labute approximate surface area is 121 Å². The second kappa shape index (κ2) is 6.42. The van der Waals surface area contributed by atoms with E-state index in [9.17, 15) is 4.79 Å². The Balaban J connectivity index is 0.00000133. The summed E-state index contributed by atoms with van der Waals surface area (Å²) < 4.78 is 4.95. The lowest BCUT2D eigenvalue weighted by Crippen LogP contribution is -2.34. The summed E-state index contributed by atoms with van der Waals surface area (Å²) >= 11 is 0. The van der Waals surface area contributed by atoms with E-state index in [4.69, 9.17) is 4.74 Å². The first kappa shape index (κ1) is 15.1. The smallest absolute Gasteiger partial charge is 0.223 e. The van der Waals surface area contributed by atoms with Gasteiger partial charge in [-0.1, -0.05) is 0 Å². The van der Waals surface area contributed by atoms with Crippen molar-refractivity contribution in [1.29, 1.82) is 0 Å². The van der Waals surface area contributed by atoms with Crippen molar-refractivity contribution in [1.82, 2.24) is 10.6 Å². The van der Waals surface area contributed by atoms with Crippen LogP contribution in [0.25, 0.3) is 0 Å². The van der Waals surface area contributed by atoms with Crippen molar-refractivity contribution < 1.29 is 9.53 Å². The van der Waals surface area contributed by atoms with Crippen LogP contribution in [-0.4, -0.2) is 39.3 Å². The highest BCUT2D eigenvalue weighted by atomic mass is 35.5. The molecule has 0 saturated heterocycles. The summed E-state index contributed by atoms with van der Waals surface area (Å²) in [4.78, 5) is 12.1. The molecule has 110 valence electrons. The van der Waals surface area contributed by atoms with Crippen LogP contribution in [0.3, 0.4) is 0 Å². The maximum atomic E-state index is 12.1. The summed E-state index contributed by atoms with van der Waals surface area (Å²) in [5, 5.41) is 6.32. The number of amides is 1. The zero-order valence-electron chi connectivity index (χ0n) is 11.6. The first-order valence-electron chi connectivity index (χ1n) is 7.30. The molecule has 19 heavy (non-hydrogen) atoms. The van der Waals surface area contributed by atoms with E-state index >= 15 is 0 Å². The highest BCUT2D eigenvalue weighted by Gasteiger charge is 2.67. The fourth-order valence-electron chi connectivity index (χ4n) is 4.37. The lowest BCUT2D eigenvalue weighted by atomic mass is 10.0. The van der Waals surface area contributed by atoms with Gasteiger partial charge in [0.05, 0.1) is 6.61 Å². The van der Waals surface area contributed by atoms with Gasteiger partial charge in [0.1, 0.15) is 0 Å². The number of nitrogens with one attached hydrogen (secondary N) is 2. The number of rotatable bonds is 7. The number of hydrogen-bond donors (Lipinski definition) is 2. The molecule has 0 radical (unpaired) electrons. The molecule has 4 unspecified atom stereocenters. The summed E-state index contributed by atoms with van der Waals surface area (Å²) in [5.74, 6) is 3.96. The van der Waals surface area contributed by atoms with Crippen LogP contribution in [0.4, 0.5) is 0 Å². The molecule has 5 heteroatoms. The first-order chi connectivity index (χ1) is 8.83. The van der Waals surface area contributed by atoms with E-state index in [2.05, 4.69) is 10.6 Å². The first-order valence-corrected chi connectivity index (χ1v) is 7.30. The quantitative estimate of drug-likeness (QED) is 0.689. The fraction of sp³-hybridized carbons (Fsp3) is 0.929. The van der Waals surface area contributed by atoms with Crippen molar-refractivity contribution >= 4 is 18.3 Å². The van der Waals surface area contributed by atoms with Crippen LogP contribution in [0.15, 0.2) is 0 Å². The van der Waals surface area contributed by atoms with E-state index in [1.54, 1.807) is 7.11 Å². The maximum Gasteiger partial charge on any atom is 0.223 e. The van der Waals surface area contributed by atoms with Gasteiger partial charge in [0, 0.05) is 32.7 Å². The Bertz CT molecular complexity index is 311. The number of ether oxygens (including phenoxy) is 1. The monoisotopic (exact) mass is 288 g/mol. The molecule has 3 aliphatic carbocycles. The Hall–Kier alpha value is -0.320. The van der Waals surface area contributed by atoms with Gasteiger partial charge in [0.25, 0.3) is 0 Å². The van der Waals surface area contributed by atoms with E-state index in [1.807, 2.05) is 0 Å². The molecule has 2 N–H and O–H groups in total. The molecule has 0 heterocycles. The third-order valence-electron chi connectivity index (χ3n) is 5.12. The number of halogens is 1. The van der Waals surface area contributed by atoms with Gasteiger partial charge in [-0.3, -0.25) is 4.79 Å². The molecule has 2 bridgehead atoms. The minimum atomic E-state index is 0. The van der Waals surface area contributed by atoms with E-state index in [0.717, 1.165) is 49.9 Å². The van der Waals surface area contributed by atoms with Crippen molar-refractivity contribution in [2.75, 3.05) is 33.4 Å². The van der Waals surface area contributed by atoms with Crippen molar-refractivity contribution in [2.45, 2.75) is 19.3 Å². The third-order valence-corrected chi connectivity index (χ3v) is 5.12. The van der Waals surface area contributed by atoms with Crippen LogP contribution in [-0.2, 0) is 9.53 Å². The Morgan fingerprint density at radius 1 is 1.16 bits per heavy atom. The van der Waals surface area contributed by atoms with Crippen LogP contribution in [0.5, 0.6) is 0 Å². The topological polar surface area (TPSA) is 50.4 Å². The molecule has 3 aliphatic rings. The summed E-state index contributed by atoms with van der Waals surface area (Å²) in [6.07, 6.45) is 4.18. The van der Waals surface area contributed by atoms with Gasteiger partial charge < -0.3 is 15.4 Å². The van der Waals surface area contributed by atoms with Crippen LogP contribution in [0.2, 0.25) is 0 Å². The highest BCUT2D eigenvalue weighted by Crippen LogP contribution is 2.69. The van der Waals surface area contributed by atoms with Gasteiger partial charge in [-0.25, -0.2) is 0 Å². The van der Waals surface area contributed by atoms with Crippen LogP contribution < -0.4 is 10.6 Å². The van der Waals surface area contributed by atoms with Gasteiger partial charge in [0.15, 0.2) is 0 Å². The molecule has 4 nitrogen and oxygen atoms in total. The van der Waals surface area contributed by atoms with E-state index in [-0.39, 0.29) is 12.4 Å². The van der Waals surface area contributed by atoms with Crippen molar-refractivity contribution in [2.24, 2.45) is 29.6 Å². The largest absolute Gasteiger partial charge is 0.383 e. The standard InChI is InChI=1S/C14H24N2O2.ClH/c1-18-7-6-15-4-5-16-14(17)13-11-9-2-3-10(8-9)12(11)13;/h9-13,15H,2-8H2,1H3,(H,16,17);1H. The van der Waals surface area contributed by atoms with Crippen molar-refractivity contribution in [3.63, 3.8) is 0 Å². The molecule has 0 aromatic heterocycles. The van der Waals surface area contributed by atoms with E-state index in [1.165, 1.54) is 19.3 Å². The Morgan fingerprint density at radius 3 is 2.47 bits per heavy atom. The van der Waals surface area contributed by atoms with Crippen LogP contribution in [0, 0.1) is 29.6 Å². The van der Waals surface area contributed by atoms with Gasteiger partial charge in [-0.05, 0) is 42.9 Å². The minimum absolute atomic E-state index is 0. The SMILES string of the molecule is COCCNCCNC(=O)C1C2C3CCC(C3)C12.Cl. The summed E-state index contributed by atoms with van der Waals surface area (Å²) in [6.45, 7) is 3.16. The number of carbonyl (C=O) groups excluding carboxylic acids is 1. The van der Waals surface area contributed by atoms with Gasteiger partial charge >= 0.3 is 0 Å². The van der Waals surface area contributed by atoms with Gasteiger partial charge in [-0.2, -0.15) is 0 Å². The third kappa shape index (κ3) is 2.91. The molecule has 3 fully saturated rings.